The Morgan fingerprint density at radius 1 is 1.20 bits per heavy atom. The maximum Gasteiger partial charge on any atom is 0.137 e. The first-order valence-corrected chi connectivity index (χ1v) is 7.95. The van der Waals surface area contributed by atoms with Gasteiger partial charge in [-0.05, 0) is 58.2 Å². The molecule has 0 radical (unpaired) electrons. The summed E-state index contributed by atoms with van der Waals surface area (Å²) in [5.41, 5.74) is 2.68. The Bertz CT molecular complexity index is 646. The maximum atomic E-state index is 13.5. The van der Waals surface area contributed by atoms with Gasteiger partial charge in [0.15, 0.2) is 0 Å². The van der Waals surface area contributed by atoms with Gasteiger partial charge in [0.25, 0.3) is 0 Å². The number of halogens is 4. The van der Waals surface area contributed by atoms with E-state index in [0.29, 0.717) is 10.8 Å². The van der Waals surface area contributed by atoms with Gasteiger partial charge in [0.05, 0.1) is 16.4 Å². The molecule has 2 aromatic rings. The van der Waals surface area contributed by atoms with Crippen molar-refractivity contribution >= 4 is 43.5 Å². The molecule has 0 saturated heterocycles. The molecule has 1 atom stereocenters. The highest BCUT2D eigenvalue weighted by molar-refractivity contribution is 9.10. The van der Waals surface area contributed by atoms with Crippen molar-refractivity contribution in [2.75, 3.05) is 7.11 Å². The van der Waals surface area contributed by atoms with E-state index in [4.69, 9.17) is 16.3 Å². The van der Waals surface area contributed by atoms with Gasteiger partial charge in [-0.2, -0.15) is 0 Å². The number of methoxy groups -OCH3 is 1. The van der Waals surface area contributed by atoms with Crippen molar-refractivity contribution in [3.05, 3.63) is 62.3 Å². The van der Waals surface area contributed by atoms with E-state index < -0.39 is 0 Å². The molecule has 0 heterocycles. The van der Waals surface area contributed by atoms with Crippen molar-refractivity contribution in [1.82, 2.24) is 0 Å². The van der Waals surface area contributed by atoms with E-state index in [9.17, 15) is 4.39 Å². The van der Waals surface area contributed by atoms with Crippen LogP contribution in [0.1, 0.15) is 21.5 Å². The van der Waals surface area contributed by atoms with Gasteiger partial charge in [-0.15, -0.1) is 0 Å². The van der Waals surface area contributed by atoms with Gasteiger partial charge in [0, 0.05) is 10.6 Å². The van der Waals surface area contributed by atoms with Gasteiger partial charge < -0.3 is 4.74 Å². The minimum Gasteiger partial charge on any atom is -0.495 e. The molecule has 1 unspecified atom stereocenters. The van der Waals surface area contributed by atoms with E-state index in [1.165, 1.54) is 12.1 Å². The standard InChI is InChI=1S/C15H12Br2ClFO/c1-8-3-4-10(19)7-11(8)14(17)12-5-9(18)6-13(16)15(12)20-2/h3-7,14H,1-2H3. The first kappa shape index (κ1) is 15.8. The fourth-order valence-electron chi connectivity index (χ4n) is 2.04. The molecule has 0 amide bonds. The van der Waals surface area contributed by atoms with Crippen LogP contribution in [0.2, 0.25) is 5.02 Å². The van der Waals surface area contributed by atoms with Crippen molar-refractivity contribution in [2.24, 2.45) is 0 Å². The zero-order chi connectivity index (χ0) is 14.9. The maximum absolute atomic E-state index is 13.5. The number of rotatable bonds is 3. The zero-order valence-corrected chi connectivity index (χ0v) is 14.8. The van der Waals surface area contributed by atoms with Crippen molar-refractivity contribution in [2.45, 2.75) is 11.8 Å². The number of alkyl halides is 1. The number of ether oxygens (including phenoxy) is 1. The minimum absolute atomic E-state index is 0.205. The third kappa shape index (κ3) is 3.18. The van der Waals surface area contributed by atoms with E-state index in [0.717, 1.165) is 21.2 Å². The van der Waals surface area contributed by atoms with Crippen molar-refractivity contribution in [3.8, 4) is 5.75 Å². The molecule has 2 aromatic carbocycles. The van der Waals surface area contributed by atoms with Crippen LogP contribution in [0.25, 0.3) is 0 Å². The summed E-state index contributed by atoms with van der Waals surface area (Å²) >= 11 is 13.1. The minimum atomic E-state index is -0.268. The molecular weight excluding hydrogens is 410 g/mol. The summed E-state index contributed by atoms with van der Waals surface area (Å²) in [5, 5.41) is 0.589. The third-order valence-corrected chi connectivity index (χ3v) is 4.82. The Hall–Kier alpha value is -0.580. The summed E-state index contributed by atoms with van der Waals surface area (Å²) in [7, 11) is 1.59. The van der Waals surface area contributed by atoms with Crippen LogP contribution in [0.15, 0.2) is 34.8 Å². The molecule has 0 aliphatic rings. The fraction of sp³-hybridized carbons (Fsp3) is 0.200. The normalized spacial score (nSPS) is 12.3. The van der Waals surface area contributed by atoms with E-state index in [1.807, 2.05) is 13.0 Å². The average Bonchev–Trinajstić information content (AvgIpc) is 2.40. The highest BCUT2D eigenvalue weighted by Crippen LogP contribution is 2.43. The Morgan fingerprint density at radius 3 is 2.55 bits per heavy atom. The summed E-state index contributed by atoms with van der Waals surface area (Å²) in [4.78, 5) is -0.205. The molecule has 106 valence electrons. The first-order chi connectivity index (χ1) is 9.43. The number of benzene rings is 2. The summed E-state index contributed by atoms with van der Waals surface area (Å²) < 4.78 is 19.7. The van der Waals surface area contributed by atoms with Crippen LogP contribution in [-0.2, 0) is 0 Å². The lowest BCUT2D eigenvalue weighted by Crippen LogP contribution is -2.00. The number of hydrogen-bond donors (Lipinski definition) is 0. The zero-order valence-electron chi connectivity index (χ0n) is 10.9. The third-order valence-electron chi connectivity index (χ3n) is 3.03. The molecule has 0 saturated carbocycles. The monoisotopic (exact) mass is 420 g/mol. The van der Waals surface area contributed by atoms with Crippen molar-refractivity contribution in [1.29, 1.82) is 0 Å². The van der Waals surface area contributed by atoms with E-state index in [2.05, 4.69) is 31.9 Å². The first-order valence-electron chi connectivity index (χ1n) is 5.87. The van der Waals surface area contributed by atoms with Crippen LogP contribution >= 0.6 is 43.5 Å². The number of aryl methyl sites for hydroxylation is 1. The largest absolute Gasteiger partial charge is 0.495 e. The molecule has 0 bridgehead atoms. The highest BCUT2D eigenvalue weighted by atomic mass is 79.9. The van der Waals surface area contributed by atoms with Gasteiger partial charge in [-0.3, -0.25) is 0 Å². The second-order valence-electron chi connectivity index (χ2n) is 4.37. The van der Waals surface area contributed by atoms with Gasteiger partial charge >= 0.3 is 0 Å². The molecule has 2 rings (SSSR count). The Labute approximate surface area is 139 Å². The highest BCUT2D eigenvalue weighted by Gasteiger charge is 2.20. The van der Waals surface area contributed by atoms with Crippen LogP contribution in [0.4, 0.5) is 4.39 Å². The lowest BCUT2D eigenvalue weighted by molar-refractivity contribution is 0.407. The lowest BCUT2D eigenvalue weighted by Gasteiger charge is -2.18. The molecule has 0 N–H and O–H groups in total. The van der Waals surface area contributed by atoms with Crippen LogP contribution in [0.3, 0.4) is 0 Å². The molecule has 1 nitrogen and oxygen atoms in total. The second-order valence-corrected chi connectivity index (χ2v) is 6.58. The van der Waals surface area contributed by atoms with Gasteiger partial charge in [0.1, 0.15) is 11.6 Å². The van der Waals surface area contributed by atoms with Crippen LogP contribution < -0.4 is 4.74 Å². The van der Waals surface area contributed by atoms with E-state index >= 15 is 0 Å². The molecule has 0 spiro atoms. The van der Waals surface area contributed by atoms with Crippen LogP contribution in [0, 0.1) is 12.7 Å². The Kier molecular flexibility index (Phi) is 5.10. The summed E-state index contributed by atoms with van der Waals surface area (Å²) in [6, 6.07) is 8.30. The molecule has 0 fully saturated rings. The predicted octanol–water partition coefficient (Wildman–Crippen LogP) is 6.04. The molecular formula is C15H12Br2ClFO. The summed E-state index contributed by atoms with van der Waals surface area (Å²) in [6.07, 6.45) is 0. The smallest absolute Gasteiger partial charge is 0.137 e. The lowest BCUT2D eigenvalue weighted by atomic mass is 9.99. The Morgan fingerprint density at radius 2 is 1.90 bits per heavy atom. The van der Waals surface area contributed by atoms with Crippen LogP contribution in [0.5, 0.6) is 5.75 Å². The molecule has 0 aromatic heterocycles. The van der Waals surface area contributed by atoms with Crippen molar-refractivity contribution in [3.63, 3.8) is 0 Å². The molecule has 20 heavy (non-hydrogen) atoms. The SMILES string of the molecule is COc1c(Br)cc(Cl)cc1C(Br)c1cc(F)ccc1C. The Balaban J connectivity index is 2.58. The topological polar surface area (TPSA) is 9.23 Å². The summed E-state index contributed by atoms with van der Waals surface area (Å²) in [6.45, 7) is 1.94. The quantitative estimate of drug-likeness (QED) is 0.548. The van der Waals surface area contributed by atoms with Crippen molar-refractivity contribution < 1.29 is 9.13 Å². The van der Waals surface area contributed by atoms with Gasteiger partial charge in [-0.25, -0.2) is 4.39 Å². The number of hydrogen-bond acceptors (Lipinski definition) is 1. The second kappa shape index (κ2) is 6.46. The van der Waals surface area contributed by atoms with E-state index in [1.54, 1.807) is 19.2 Å². The average molecular weight is 423 g/mol. The molecule has 5 heteroatoms. The molecule has 0 aliphatic carbocycles. The van der Waals surface area contributed by atoms with Gasteiger partial charge in [0.2, 0.25) is 0 Å². The molecule has 0 aliphatic heterocycles. The fourth-order valence-corrected chi connectivity index (χ4v) is 3.86. The predicted molar refractivity (Wildman–Crippen MR) is 87.6 cm³/mol. The van der Waals surface area contributed by atoms with Crippen LogP contribution in [-0.4, -0.2) is 7.11 Å². The van der Waals surface area contributed by atoms with E-state index in [-0.39, 0.29) is 10.6 Å². The summed E-state index contributed by atoms with van der Waals surface area (Å²) in [5.74, 6) is 0.412. The van der Waals surface area contributed by atoms with Gasteiger partial charge in [-0.1, -0.05) is 33.6 Å².